The van der Waals surface area contributed by atoms with Gasteiger partial charge in [-0.25, -0.2) is 0 Å². The molecule has 1 N–H and O–H groups in total. The number of carbonyl (C=O) groups is 1. The summed E-state index contributed by atoms with van der Waals surface area (Å²) in [6.07, 6.45) is 4.72. The minimum atomic E-state index is -0.202. The number of benzene rings is 1. The van der Waals surface area contributed by atoms with Crippen LogP contribution in [0.25, 0.3) is 0 Å². The highest BCUT2D eigenvalue weighted by atomic mass is 16.5. The monoisotopic (exact) mass is 539 g/mol. The highest BCUT2D eigenvalue weighted by Crippen LogP contribution is 2.37. The van der Waals surface area contributed by atoms with Gasteiger partial charge in [0.1, 0.15) is 12.4 Å². The average Bonchev–Trinajstić information content (AvgIpc) is 3.78. The van der Waals surface area contributed by atoms with Crippen molar-refractivity contribution in [3.05, 3.63) is 62.6 Å². The second kappa shape index (κ2) is 13.6. The van der Waals surface area contributed by atoms with Crippen molar-refractivity contribution in [3.8, 4) is 5.75 Å². The predicted molar refractivity (Wildman–Crippen MR) is 152 cm³/mol. The maximum absolute atomic E-state index is 14.2. The highest BCUT2D eigenvalue weighted by Gasteiger charge is 2.40. The van der Waals surface area contributed by atoms with Crippen molar-refractivity contribution in [3.63, 3.8) is 0 Å². The van der Waals surface area contributed by atoms with Crippen LogP contribution in [0.4, 0.5) is 0 Å². The first-order valence-corrected chi connectivity index (χ1v) is 14.3. The van der Waals surface area contributed by atoms with Gasteiger partial charge in [-0.05, 0) is 92.8 Å². The molecule has 8 nitrogen and oxygen atoms in total. The van der Waals surface area contributed by atoms with Crippen molar-refractivity contribution in [2.75, 3.05) is 47.1 Å². The van der Waals surface area contributed by atoms with Gasteiger partial charge >= 0.3 is 0 Å². The lowest BCUT2D eigenvalue weighted by Gasteiger charge is -2.36. The Kier molecular flexibility index (Phi) is 10.2. The third-order valence-corrected chi connectivity index (χ3v) is 8.31. The summed E-state index contributed by atoms with van der Waals surface area (Å²) in [5.74, 6) is 0.815. The fourth-order valence-corrected chi connectivity index (χ4v) is 5.73. The van der Waals surface area contributed by atoms with Crippen LogP contribution < -0.4 is 15.6 Å². The van der Waals surface area contributed by atoms with Crippen LogP contribution in [0.1, 0.15) is 59.5 Å². The zero-order valence-electron chi connectivity index (χ0n) is 24.3. The third kappa shape index (κ3) is 7.29. The number of amides is 1. The number of carbonyl (C=O) groups excluding carboxylic acids is 1. The topological polar surface area (TPSA) is 82.0 Å². The second-order valence-electron chi connectivity index (χ2n) is 11.0. The molecule has 214 valence electrons. The summed E-state index contributed by atoms with van der Waals surface area (Å²) in [5, 5.41) is 3.45. The van der Waals surface area contributed by atoms with Gasteiger partial charge in [0, 0.05) is 58.8 Å². The Hall–Kier alpha value is -2.68. The van der Waals surface area contributed by atoms with Crippen LogP contribution in [-0.2, 0) is 34.3 Å². The Morgan fingerprint density at radius 2 is 1.77 bits per heavy atom. The summed E-state index contributed by atoms with van der Waals surface area (Å²) in [7, 11) is 5.20. The minimum Gasteiger partial charge on any atom is -0.491 e. The van der Waals surface area contributed by atoms with E-state index in [1.165, 1.54) is 5.56 Å². The molecule has 2 heterocycles. The molecule has 1 aliphatic carbocycles. The summed E-state index contributed by atoms with van der Waals surface area (Å²) < 4.78 is 18.1. The van der Waals surface area contributed by atoms with Crippen LogP contribution in [0.5, 0.6) is 5.75 Å². The first kappa shape index (κ1) is 29.3. The number of hydrogen-bond donors (Lipinski definition) is 1. The summed E-state index contributed by atoms with van der Waals surface area (Å²) in [6, 6.07) is 8.37. The second-order valence-corrected chi connectivity index (χ2v) is 11.0. The van der Waals surface area contributed by atoms with Gasteiger partial charge in [-0.2, -0.15) is 0 Å². The molecular formula is C31H45N3O5. The number of pyridine rings is 1. The highest BCUT2D eigenvalue weighted by molar-refractivity contribution is 5.81. The number of nitrogens with zero attached hydrogens (tertiary/aromatic N) is 2. The van der Waals surface area contributed by atoms with Gasteiger partial charge in [-0.3, -0.25) is 9.59 Å². The number of nitrogens with one attached hydrogen (secondary N) is 1. The van der Waals surface area contributed by atoms with Crippen LogP contribution in [0.2, 0.25) is 0 Å². The zero-order chi connectivity index (χ0) is 27.9. The first-order chi connectivity index (χ1) is 18.8. The third-order valence-electron chi connectivity index (χ3n) is 8.31. The summed E-state index contributed by atoms with van der Waals surface area (Å²) >= 11 is 0. The van der Waals surface area contributed by atoms with E-state index in [-0.39, 0.29) is 29.3 Å². The van der Waals surface area contributed by atoms with Gasteiger partial charge in [0.25, 0.3) is 5.56 Å². The van der Waals surface area contributed by atoms with Gasteiger partial charge in [0.15, 0.2) is 0 Å². The molecule has 1 saturated heterocycles. The number of rotatable bonds is 13. The Bertz CT molecular complexity index is 1160. The normalized spacial score (nSPS) is 19.2. The Morgan fingerprint density at radius 1 is 1.03 bits per heavy atom. The lowest BCUT2D eigenvalue weighted by molar-refractivity contribution is -0.138. The van der Waals surface area contributed by atoms with Crippen LogP contribution >= 0.6 is 0 Å². The maximum Gasteiger partial charge on any atom is 0.250 e. The zero-order valence-corrected chi connectivity index (χ0v) is 24.3. The summed E-state index contributed by atoms with van der Waals surface area (Å²) in [4.78, 5) is 29.0. The fourth-order valence-electron chi connectivity index (χ4n) is 5.73. The largest absolute Gasteiger partial charge is 0.491 e. The van der Waals surface area contributed by atoms with E-state index in [2.05, 4.69) is 35.3 Å². The molecule has 1 amide bonds. The number of ether oxygens (including phenoxy) is 3. The predicted octanol–water partition coefficient (Wildman–Crippen LogP) is 3.49. The molecule has 8 heteroatoms. The molecule has 0 spiro atoms. The molecule has 1 aromatic heterocycles. The Labute approximate surface area is 232 Å². The van der Waals surface area contributed by atoms with E-state index in [0.29, 0.717) is 32.9 Å². The van der Waals surface area contributed by atoms with Crippen LogP contribution in [-0.4, -0.2) is 68.5 Å². The van der Waals surface area contributed by atoms with Crippen molar-refractivity contribution in [1.82, 2.24) is 14.8 Å². The summed E-state index contributed by atoms with van der Waals surface area (Å²) in [5.41, 5.74) is 5.36. The van der Waals surface area contributed by atoms with Crippen molar-refractivity contribution >= 4 is 5.91 Å². The number of hydrogen-bond acceptors (Lipinski definition) is 6. The van der Waals surface area contributed by atoms with Crippen LogP contribution in [0.3, 0.4) is 0 Å². The smallest absolute Gasteiger partial charge is 0.250 e. The maximum atomic E-state index is 14.2. The molecule has 2 aliphatic rings. The van der Waals surface area contributed by atoms with E-state index in [0.717, 1.165) is 66.8 Å². The number of aromatic nitrogens is 1. The van der Waals surface area contributed by atoms with Crippen LogP contribution in [0, 0.1) is 19.8 Å². The molecular weight excluding hydrogens is 494 g/mol. The number of methoxy groups -OCH3 is 2. The molecule has 2 atom stereocenters. The van der Waals surface area contributed by atoms with E-state index >= 15 is 0 Å². The van der Waals surface area contributed by atoms with Gasteiger partial charge in [0.2, 0.25) is 5.91 Å². The number of piperidine rings is 1. The standard InChI is InChI=1S/C31H45N3O5/c1-21-22(2)33(3)30(35)18-28(21)27-10-11-32-19-29(27)31(36)34(25-8-9-25)20-24-15-23(7-6-12-37-4)16-26(17-24)39-14-13-38-5/h15-18,25,27,29,32H,6-14,19-20H2,1-5H3/t27-,29?/m1/s1. The molecule has 2 fully saturated rings. The molecule has 1 aliphatic heterocycles. The Balaban J connectivity index is 1.59. The van der Waals surface area contributed by atoms with Gasteiger partial charge in [-0.15, -0.1) is 0 Å². The number of aryl methyl sites for hydroxylation is 1. The van der Waals surface area contributed by atoms with E-state index in [1.54, 1.807) is 24.9 Å². The van der Waals surface area contributed by atoms with E-state index < -0.39 is 0 Å². The van der Waals surface area contributed by atoms with E-state index in [4.69, 9.17) is 14.2 Å². The lowest BCUT2D eigenvalue weighted by Crippen LogP contribution is -2.47. The van der Waals surface area contributed by atoms with Gasteiger partial charge in [0.05, 0.1) is 12.5 Å². The van der Waals surface area contributed by atoms with Gasteiger partial charge in [-0.1, -0.05) is 6.07 Å². The first-order valence-electron chi connectivity index (χ1n) is 14.3. The van der Waals surface area contributed by atoms with Crippen molar-refractivity contribution < 1.29 is 19.0 Å². The molecule has 39 heavy (non-hydrogen) atoms. The van der Waals surface area contributed by atoms with Crippen molar-refractivity contribution in [2.24, 2.45) is 13.0 Å². The fraction of sp³-hybridized carbons (Fsp3) is 0.613. The molecule has 2 aromatic rings. The molecule has 0 radical (unpaired) electrons. The SMILES string of the molecule is COCCCc1cc(CN(C(=O)C2CNCC[C@@H]2c2cc(=O)n(C)c(C)c2C)C2CC2)cc(OCCOC)c1. The average molecular weight is 540 g/mol. The van der Waals surface area contributed by atoms with E-state index in [1.807, 2.05) is 14.0 Å². The van der Waals surface area contributed by atoms with Crippen molar-refractivity contribution in [1.29, 1.82) is 0 Å². The lowest BCUT2D eigenvalue weighted by atomic mass is 9.78. The molecule has 1 aromatic carbocycles. The van der Waals surface area contributed by atoms with Gasteiger partial charge < -0.3 is 29.0 Å². The molecule has 0 bridgehead atoms. The molecule has 1 saturated carbocycles. The van der Waals surface area contributed by atoms with Crippen LogP contribution in [0.15, 0.2) is 29.1 Å². The quantitative estimate of drug-likeness (QED) is 0.393. The Morgan fingerprint density at radius 3 is 2.49 bits per heavy atom. The summed E-state index contributed by atoms with van der Waals surface area (Å²) in [6.45, 7) is 7.79. The van der Waals surface area contributed by atoms with Crippen molar-refractivity contribution in [2.45, 2.75) is 64.5 Å². The minimum absolute atomic E-state index is 0.0110. The molecule has 4 rings (SSSR count). The van der Waals surface area contributed by atoms with E-state index in [9.17, 15) is 9.59 Å². The molecule has 1 unspecified atom stereocenters.